The lowest BCUT2D eigenvalue weighted by atomic mass is 9.77. The van der Waals surface area contributed by atoms with E-state index in [1.807, 2.05) is 105 Å². The number of piperidine rings is 1. The minimum absolute atomic E-state index is 0.184. The van der Waals surface area contributed by atoms with E-state index < -0.39 is 23.2 Å². The maximum atomic E-state index is 14.0. The van der Waals surface area contributed by atoms with Crippen LogP contribution in [0, 0.1) is 5.92 Å². The SMILES string of the molecule is CCOc1ccc2c(c1)c(NC(=O)[C@@H]1CCCN(C(=O)OC(C)(C)C)C1)nn2C(c1ccccc1)(c1ccccc1)c1ccccc1. The van der Waals surface area contributed by atoms with Crippen LogP contribution in [0.2, 0.25) is 0 Å². The molecule has 8 nitrogen and oxygen atoms in total. The molecule has 0 spiro atoms. The molecule has 2 amide bonds. The molecule has 47 heavy (non-hydrogen) atoms. The van der Waals surface area contributed by atoms with E-state index in [0.717, 1.165) is 27.6 Å². The van der Waals surface area contributed by atoms with Gasteiger partial charge in [-0.05, 0) is 75.4 Å². The normalized spacial score (nSPS) is 15.3. The highest BCUT2D eigenvalue weighted by Crippen LogP contribution is 2.44. The maximum absolute atomic E-state index is 14.0. The van der Waals surface area contributed by atoms with Gasteiger partial charge in [0.05, 0.1) is 18.0 Å². The van der Waals surface area contributed by atoms with Gasteiger partial charge in [-0.2, -0.15) is 5.10 Å². The van der Waals surface area contributed by atoms with Crippen LogP contribution in [0.4, 0.5) is 10.6 Å². The number of aromatic nitrogens is 2. The predicted octanol–water partition coefficient (Wildman–Crippen LogP) is 7.86. The standard InChI is InChI=1S/C39H42N4O4/c1-5-46-32-23-24-34-33(26-32)35(40-36(44)28-16-15-25-42(27-28)37(45)47-38(2,3)4)41-43(34)39(29-17-9-6-10-18-29,30-19-11-7-12-20-30)31-21-13-8-14-22-31/h6-14,17-24,26,28H,5,15-16,25,27H2,1-4H3,(H,40,41,44)/t28-/m1/s1. The van der Waals surface area contributed by atoms with Crippen LogP contribution in [0.25, 0.3) is 10.9 Å². The summed E-state index contributed by atoms with van der Waals surface area (Å²) in [5.41, 5.74) is 2.41. The lowest BCUT2D eigenvalue weighted by Crippen LogP contribution is -2.45. The fourth-order valence-electron chi connectivity index (χ4n) is 6.51. The number of hydrogen-bond acceptors (Lipinski definition) is 5. The van der Waals surface area contributed by atoms with Crippen molar-refractivity contribution in [3.63, 3.8) is 0 Å². The Hall–Kier alpha value is -5.11. The Bertz CT molecular complexity index is 1730. The van der Waals surface area contributed by atoms with Crippen molar-refractivity contribution in [2.75, 3.05) is 25.0 Å². The molecule has 0 unspecified atom stereocenters. The Labute approximate surface area is 276 Å². The number of benzene rings is 4. The van der Waals surface area contributed by atoms with E-state index in [-0.39, 0.29) is 12.5 Å². The zero-order valence-electron chi connectivity index (χ0n) is 27.5. The first-order valence-electron chi connectivity index (χ1n) is 16.3. The average molecular weight is 631 g/mol. The van der Waals surface area contributed by atoms with Gasteiger partial charge in [-0.25, -0.2) is 9.48 Å². The van der Waals surface area contributed by atoms with E-state index in [9.17, 15) is 9.59 Å². The number of hydrogen-bond donors (Lipinski definition) is 1. The summed E-state index contributed by atoms with van der Waals surface area (Å²) >= 11 is 0. The second-order valence-corrected chi connectivity index (χ2v) is 12.9. The number of carbonyl (C=O) groups is 2. The molecule has 1 N–H and O–H groups in total. The number of likely N-dealkylation sites (tertiary alicyclic amines) is 1. The third-order valence-corrected chi connectivity index (χ3v) is 8.54. The number of carbonyl (C=O) groups excluding carboxylic acids is 2. The van der Waals surface area contributed by atoms with E-state index in [0.29, 0.717) is 37.6 Å². The van der Waals surface area contributed by atoms with E-state index in [1.54, 1.807) is 4.90 Å². The number of ether oxygens (including phenoxy) is 2. The van der Waals surface area contributed by atoms with Gasteiger partial charge in [0.2, 0.25) is 5.91 Å². The molecule has 5 aromatic rings. The molecule has 1 saturated heterocycles. The predicted molar refractivity (Wildman–Crippen MR) is 185 cm³/mol. The second-order valence-electron chi connectivity index (χ2n) is 12.9. The summed E-state index contributed by atoms with van der Waals surface area (Å²) in [4.78, 5) is 28.5. The number of nitrogens with zero attached hydrogens (tertiary/aromatic N) is 3. The first-order valence-corrected chi connectivity index (χ1v) is 16.3. The number of rotatable bonds is 8. The van der Waals surface area contributed by atoms with Crippen molar-refractivity contribution in [3.8, 4) is 5.75 Å². The van der Waals surface area contributed by atoms with Crippen LogP contribution < -0.4 is 10.1 Å². The van der Waals surface area contributed by atoms with Crippen LogP contribution in [-0.2, 0) is 15.1 Å². The van der Waals surface area contributed by atoms with Gasteiger partial charge < -0.3 is 19.7 Å². The zero-order valence-corrected chi connectivity index (χ0v) is 27.5. The lowest BCUT2D eigenvalue weighted by molar-refractivity contribution is -0.121. The number of anilines is 1. The maximum Gasteiger partial charge on any atom is 0.410 e. The van der Waals surface area contributed by atoms with Crippen molar-refractivity contribution in [2.24, 2.45) is 5.92 Å². The lowest BCUT2D eigenvalue weighted by Gasteiger charge is -2.37. The van der Waals surface area contributed by atoms with E-state index in [4.69, 9.17) is 14.6 Å². The number of fused-ring (bicyclic) bond motifs is 1. The summed E-state index contributed by atoms with van der Waals surface area (Å²) in [5.74, 6) is 0.534. The third kappa shape index (κ3) is 6.45. The topological polar surface area (TPSA) is 85.7 Å². The monoisotopic (exact) mass is 630 g/mol. The summed E-state index contributed by atoms with van der Waals surface area (Å²) < 4.78 is 13.6. The summed E-state index contributed by atoms with van der Waals surface area (Å²) in [6.07, 6.45) is 0.972. The highest BCUT2D eigenvalue weighted by atomic mass is 16.6. The van der Waals surface area contributed by atoms with Crippen LogP contribution in [0.1, 0.15) is 57.2 Å². The molecule has 1 aliphatic rings. The largest absolute Gasteiger partial charge is 0.494 e. The number of amides is 2. The Balaban J connectivity index is 1.49. The second kappa shape index (κ2) is 13.3. The molecule has 4 aromatic carbocycles. The Morgan fingerprint density at radius 2 is 1.43 bits per heavy atom. The van der Waals surface area contributed by atoms with Crippen LogP contribution in [0.15, 0.2) is 109 Å². The van der Waals surface area contributed by atoms with Gasteiger partial charge in [0.25, 0.3) is 0 Å². The molecule has 2 heterocycles. The highest BCUT2D eigenvalue weighted by Gasteiger charge is 2.41. The Morgan fingerprint density at radius 1 is 0.851 bits per heavy atom. The highest BCUT2D eigenvalue weighted by molar-refractivity contribution is 6.01. The van der Waals surface area contributed by atoms with Crippen LogP contribution >= 0.6 is 0 Å². The molecule has 6 rings (SSSR count). The van der Waals surface area contributed by atoms with Gasteiger partial charge in [-0.15, -0.1) is 0 Å². The Morgan fingerprint density at radius 3 is 1.96 bits per heavy atom. The van der Waals surface area contributed by atoms with Gasteiger partial charge >= 0.3 is 6.09 Å². The molecular weight excluding hydrogens is 588 g/mol. The molecule has 0 aliphatic carbocycles. The summed E-state index contributed by atoms with van der Waals surface area (Å²) in [7, 11) is 0. The molecular formula is C39H42N4O4. The average Bonchev–Trinajstić information content (AvgIpc) is 3.43. The van der Waals surface area contributed by atoms with Gasteiger partial charge in [0.1, 0.15) is 16.9 Å². The Kier molecular flexibility index (Phi) is 9.03. The smallest absolute Gasteiger partial charge is 0.410 e. The van der Waals surface area contributed by atoms with Crippen molar-refractivity contribution in [1.29, 1.82) is 0 Å². The van der Waals surface area contributed by atoms with Crippen LogP contribution in [0.3, 0.4) is 0 Å². The van der Waals surface area contributed by atoms with Crippen LogP contribution in [0.5, 0.6) is 5.75 Å². The van der Waals surface area contributed by atoms with Gasteiger partial charge in [-0.3, -0.25) is 4.79 Å². The molecule has 1 aromatic heterocycles. The fourth-order valence-corrected chi connectivity index (χ4v) is 6.51. The molecule has 1 fully saturated rings. The van der Waals surface area contributed by atoms with Crippen LogP contribution in [-0.4, -0.2) is 52.0 Å². The number of nitrogens with one attached hydrogen (secondary N) is 1. The molecule has 0 saturated carbocycles. The van der Waals surface area contributed by atoms with E-state index in [1.165, 1.54) is 0 Å². The molecule has 1 aliphatic heterocycles. The molecule has 8 heteroatoms. The molecule has 242 valence electrons. The van der Waals surface area contributed by atoms with Crippen molar-refractivity contribution >= 4 is 28.7 Å². The summed E-state index contributed by atoms with van der Waals surface area (Å²) in [6.45, 7) is 8.83. The minimum Gasteiger partial charge on any atom is -0.494 e. The van der Waals surface area contributed by atoms with Gasteiger partial charge in [0, 0.05) is 18.5 Å². The first kappa shape index (κ1) is 31.9. The van der Waals surface area contributed by atoms with Gasteiger partial charge in [0.15, 0.2) is 5.82 Å². The fraction of sp³-hybridized carbons (Fsp3) is 0.308. The van der Waals surface area contributed by atoms with Crippen molar-refractivity contribution in [2.45, 2.75) is 51.7 Å². The molecule has 1 atom stereocenters. The summed E-state index contributed by atoms with van der Waals surface area (Å²) in [5, 5.41) is 9.19. The van der Waals surface area contributed by atoms with E-state index >= 15 is 0 Å². The first-order chi connectivity index (χ1) is 22.7. The molecule has 0 radical (unpaired) electrons. The van der Waals surface area contributed by atoms with Crippen molar-refractivity contribution in [1.82, 2.24) is 14.7 Å². The van der Waals surface area contributed by atoms with Crippen molar-refractivity contribution < 1.29 is 19.1 Å². The third-order valence-electron chi connectivity index (χ3n) is 8.54. The minimum atomic E-state index is -0.878. The summed E-state index contributed by atoms with van der Waals surface area (Å²) in [6, 6.07) is 36.9. The quantitative estimate of drug-likeness (QED) is 0.177. The van der Waals surface area contributed by atoms with Crippen molar-refractivity contribution in [3.05, 3.63) is 126 Å². The zero-order chi connectivity index (χ0) is 33.0. The van der Waals surface area contributed by atoms with Gasteiger partial charge in [-0.1, -0.05) is 91.0 Å². The van der Waals surface area contributed by atoms with E-state index in [2.05, 4.69) is 41.7 Å². The molecule has 0 bridgehead atoms.